The van der Waals surface area contributed by atoms with E-state index < -0.39 is 5.60 Å². The van der Waals surface area contributed by atoms with Crippen molar-refractivity contribution in [1.29, 1.82) is 0 Å². The molecule has 27 heavy (non-hydrogen) atoms. The van der Waals surface area contributed by atoms with Crippen LogP contribution in [0.15, 0.2) is 29.3 Å². The summed E-state index contributed by atoms with van der Waals surface area (Å²) in [5, 5.41) is 17.2. The maximum Gasteiger partial charge on any atom is 0.220 e. The van der Waals surface area contributed by atoms with E-state index in [4.69, 9.17) is 4.99 Å². The Balaban J connectivity index is 1.63. The molecule has 2 aliphatic rings. The highest BCUT2D eigenvalue weighted by Crippen LogP contribution is 2.37. The third kappa shape index (κ3) is 4.61. The van der Waals surface area contributed by atoms with Gasteiger partial charge in [0.1, 0.15) is 5.60 Å². The van der Waals surface area contributed by atoms with E-state index in [-0.39, 0.29) is 5.91 Å². The van der Waals surface area contributed by atoms with Gasteiger partial charge in [-0.2, -0.15) is 0 Å². The number of aliphatic hydroxyl groups is 1. The molecule has 1 aromatic carbocycles. The van der Waals surface area contributed by atoms with Gasteiger partial charge in [-0.15, -0.1) is 0 Å². The fraction of sp³-hybridized carbons (Fsp3) is 0.619. The van der Waals surface area contributed by atoms with Gasteiger partial charge in [-0.05, 0) is 49.7 Å². The molecule has 3 rings (SSSR count). The Morgan fingerprint density at radius 2 is 2.07 bits per heavy atom. The van der Waals surface area contributed by atoms with E-state index in [0.717, 1.165) is 56.8 Å². The van der Waals surface area contributed by atoms with Crippen molar-refractivity contribution < 1.29 is 9.90 Å². The Hall–Kier alpha value is -2.08. The lowest BCUT2D eigenvalue weighted by Gasteiger charge is -2.34. The molecule has 1 amide bonds. The predicted octanol–water partition coefficient (Wildman–Crippen LogP) is 1.63. The van der Waals surface area contributed by atoms with Crippen LogP contribution in [0, 0.1) is 5.92 Å². The molecule has 0 spiro atoms. The van der Waals surface area contributed by atoms with Crippen molar-refractivity contribution >= 4 is 11.9 Å². The molecule has 1 unspecified atom stereocenters. The molecule has 0 radical (unpaired) electrons. The summed E-state index contributed by atoms with van der Waals surface area (Å²) in [7, 11) is 1.69. The number of carbonyl (C=O) groups is 1. The lowest BCUT2D eigenvalue weighted by Crippen LogP contribution is -2.46. The molecule has 0 aromatic heterocycles. The van der Waals surface area contributed by atoms with Gasteiger partial charge in [0.2, 0.25) is 5.91 Å². The predicted molar refractivity (Wildman–Crippen MR) is 108 cm³/mol. The highest BCUT2D eigenvalue weighted by molar-refractivity contribution is 5.80. The van der Waals surface area contributed by atoms with Crippen LogP contribution >= 0.6 is 0 Å². The van der Waals surface area contributed by atoms with Gasteiger partial charge in [0.25, 0.3) is 0 Å². The molecule has 0 saturated carbocycles. The number of nitrogens with one attached hydrogen (secondary N) is 2. The molecule has 0 bridgehead atoms. The summed E-state index contributed by atoms with van der Waals surface area (Å²) in [6.07, 6.45) is 4.22. The molecule has 6 nitrogen and oxygen atoms in total. The topological polar surface area (TPSA) is 77.0 Å². The Morgan fingerprint density at radius 3 is 2.78 bits per heavy atom. The van der Waals surface area contributed by atoms with Crippen LogP contribution < -0.4 is 10.6 Å². The zero-order valence-electron chi connectivity index (χ0n) is 16.5. The summed E-state index contributed by atoms with van der Waals surface area (Å²) in [6, 6.07) is 8.14. The monoisotopic (exact) mass is 372 g/mol. The van der Waals surface area contributed by atoms with Gasteiger partial charge in [-0.25, -0.2) is 4.99 Å². The van der Waals surface area contributed by atoms with Crippen molar-refractivity contribution in [3.05, 3.63) is 35.4 Å². The third-order valence-electron chi connectivity index (χ3n) is 5.82. The quantitative estimate of drug-likeness (QED) is 0.542. The molecule has 1 aromatic rings. The summed E-state index contributed by atoms with van der Waals surface area (Å²) in [4.78, 5) is 18.6. The molecular weight excluding hydrogens is 340 g/mol. The van der Waals surface area contributed by atoms with Crippen LogP contribution in [0.25, 0.3) is 0 Å². The van der Waals surface area contributed by atoms with Gasteiger partial charge in [-0.1, -0.05) is 24.3 Å². The normalized spacial score (nSPS) is 23.2. The standard InChI is InChI=1S/C21H32N4O2/c1-3-23-20(25-12-9-16(10-13-25)14-19(26)22-2)24-15-21(27)11-8-17-6-4-5-7-18(17)21/h4-7,16,27H,3,8-15H2,1-2H3,(H,22,26)(H,23,24). The number of nitrogens with zero attached hydrogens (tertiary/aromatic N) is 2. The number of guanidine groups is 1. The van der Waals surface area contributed by atoms with Crippen molar-refractivity contribution in [2.24, 2.45) is 10.9 Å². The number of likely N-dealkylation sites (tertiary alicyclic amines) is 1. The van der Waals surface area contributed by atoms with Crippen molar-refractivity contribution in [1.82, 2.24) is 15.5 Å². The van der Waals surface area contributed by atoms with E-state index in [2.05, 4.69) is 28.5 Å². The van der Waals surface area contributed by atoms with Crippen molar-refractivity contribution in [3.8, 4) is 0 Å². The minimum absolute atomic E-state index is 0.121. The number of fused-ring (bicyclic) bond motifs is 1. The number of hydrogen-bond donors (Lipinski definition) is 3. The zero-order chi connectivity index (χ0) is 19.3. The van der Waals surface area contributed by atoms with Crippen molar-refractivity contribution in [3.63, 3.8) is 0 Å². The number of aliphatic imine (C=N–C) groups is 1. The summed E-state index contributed by atoms with van der Waals surface area (Å²) >= 11 is 0. The maximum atomic E-state index is 11.6. The summed E-state index contributed by atoms with van der Waals surface area (Å²) in [6.45, 7) is 5.02. The third-order valence-corrected chi connectivity index (χ3v) is 5.82. The summed E-state index contributed by atoms with van der Waals surface area (Å²) in [5.41, 5.74) is 1.39. The van der Waals surface area contributed by atoms with Gasteiger partial charge >= 0.3 is 0 Å². The second-order valence-corrected chi connectivity index (χ2v) is 7.67. The number of rotatable bonds is 5. The summed E-state index contributed by atoms with van der Waals surface area (Å²) < 4.78 is 0. The number of aryl methyl sites for hydroxylation is 1. The average molecular weight is 373 g/mol. The minimum Gasteiger partial charge on any atom is -0.383 e. The fourth-order valence-corrected chi connectivity index (χ4v) is 4.18. The molecular formula is C21H32N4O2. The van der Waals surface area contributed by atoms with Gasteiger partial charge in [-0.3, -0.25) is 4.79 Å². The fourth-order valence-electron chi connectivity index (χ4n) is 4.18. The molecule has 148 valence electrons. The number of benzene rings is 1. The molecule has 6 heteroatoms. The molecule has 1 heterocycles. The maximum absolute atomic E-state index is 11.6. The van der Waals surface area contributed by atoms with Crippen molar-refractivity contribution in [2.75, 3.05) is 33.2 Å². The van der Waals surface area contributed by atoms with E-state index in [9.17, 15) is 9.90 Å². The Morgan fingerprint density at radius 1 is 1.33 bits per heavy atom. The first-order chi connectivity index (χ1) is 13.1. The molecule has 1 fully saturated rings. The molecule has 1 aliphatic carbocycles. The van der Waals surface area contributed by atoms with E-state index in [1.807, 2.05) is 18.2 Å². The van der Waals surface area contributed by atoms with E-state index in [0.29, 0.717) is 18.9 Å². The van der Waals surface area contributed by atoms with Crippen LogP contribution in [0.3, 0.4) is 0 Å². The highest BCUT2D eigenvalue weighted by Gasteiger charge is 2.36. The Kier molecular flexibility index (Phi) is 6.37. The van der Waals surface area contributed by atoms with Crippen LogP contribution in [0.2, 0.25) is 0 Å². The lowest BCUT2D eigenvalue weighted by molar-refractivity contribution is -0.121. The summed E-state index contributed by atoms with van der Waals surface area (Å²) in [5.74, 6) is 1.43. The first-order valence-corrected chi connectivity index (χ1v) is 10.1. The average Bonchev–Trinajstić information content (AvgIpc) is 3.03. The van der Waals surface area contributed by atoms with Gasteiger partial charge in [0, 0.05) is 33.1 Å². The van der Waals surface area contributed by atoms with E-state index >= 15 is 0 Å². The minimum atomic E-state index is -0.866. The van der Waals surface area contributed by atoms with E-state index in [1.54, 1.807) is 7.05 Å². The van der Waals surface area contributed by atoms with Gasteiger partial charge in [0.15, 0.2) is 5.96 Å². The molecule has 3 N–H and O–H groups in total. The van der Waals surface area contributed by atoms with Crippen LogP contribution in [0.5, 0.6) is 0 Å². The van der Waals surface area contributed by atoms with Crippen LogP contribution in [0.4, 0.5) is 0 Å². The van der Waals surface area contributed by atoms with Gasteiger partial charge < -0.3 is 20.6 Å². The highest BCUT2D eigenvalue weighted by atomic mass is 16.3. The number of carbonyl (C=O) groups excluding carboxylic acids is 1. The molecule has 1 atom stereocenters. The van der Waals surface area contributed by atoms with Crippen LogP contribution in [-0.2, 0) is 16.8 Å². The smallest absolute Gasteiger partial charge is 0.220 e. The largest absolute Gasteiger partial charge is 0.383 e. The Bertz CT molecular complexity index is 683. The second kappa shape index (κ2) is 8.74. The van der Waals surface area contributed by atoms with Gasteiger partial charge in [0.05, 0.1) is 6.54 Å². The number of amides is 1. The lowest BCUT2D eigenvalue weighted by atomic mass is 9.93. The second-order valence-electron chi connectivity index (χ2n) is 7.67. The molecule has 1 aliphatic heterocycles. The Labute approximate surface area is 162 Å². The van der Waals surface area contributed by atoms with E-state index in [1.165, 1.54) is 5.56 Å². The first kappa shape index (κ1) is 19.7. The zero-order valence-corrected chi connectivity index (χ0v) is 16.5. The number of hydrogen-bond acceptors (Lipinski definition) is 3. The molecule has 1 saturated heterocycles. The van der Waals surface area contributed by atoms with Crippen LogP contribution in [0.1, 0.15) is 43.7 Å². The number of piperidine rings is 1. The van der Waals surface area contributed by atoms with Crippen LogP contribution in [-0.4, -0.2) is 55.1 Å². The van der Waals surface area contributed by atoms with Crippen molar-refractivity contribution in [2.45, 2.75) is 44.6 Å². The first-order valence-electron chi connectivity index (χ1n) is 10.1. The SMILES string of the molecule is CCNC(=NCC1(O)CCc2ccccc21)N1CCC(CC(=O)NC)CC1.